The van der Waals surface area contributed by atoms with Gasteiger partial charge in [-0.15, -0.1) is 0 Å². The summed E-state index contributed by atoms with van der Waals surface area (Å²) in [6, 6.07) is 13.7. The molecule has 3 amide bonds. The molecule has 2 aliphatic heterocycles. The molecule has 2 heterocycles. The van der Waals surface area contributed by atoms with Gasteiger partial charge in [-0.2, -0.15) is 0 Å². The molecule has 30 heavy (non-hydrogen) atoms. The molecule has 0 aliphatic carbocycles. The molecule has 2 aromatic rings. The van der Waals surface area contributed by atoms with Gasteiger partial charge in [0.05, 0.1) is 0 Å². The molecule has 7 heteroatoms. The molecule has 0 bridgehead atoms. The van der Waals surface area contributed by atoms with Gasteiger partial charge in [-0.3, -0.25) is 9.69 Å². The Morgan fingerprint density at radius 3 is 2.70 bits per heavy atom. The summed E-state index contributed by atoms with van der Waals surface area (Å²) in [6.07, 6.45) is 1.73. The van der Waals surface area contributed by atoms with E-state index in [1.54, 1.807) is 11.0 Å². The number of nitrogens with zero attached hydrogens (tertiary/aromatic N) is 1. The van der Waals surface area contributed by atoms with Crippen molar-refractivity contribution in [3.63, 3.8) is 0 Å². The average Bonchev–Trinajstić information content (AvgIpc) is 3.18. The number of hydrogen-bond acceptors (Lipinski definition) is 3. The predicted octanol–water partition coefficient (Wildman–Crippen LogP) is 3.77. The lowest BCUT2D eigenvalue weighted by Crippen LogP contribution is -2.44. The van der Waals surface area contributed by atoms with Crippen LogP contribution < -0.4 is 15.5 Å². The summed E-state index contributed by atoms with van der Waals surface area (Å²) in [7, 11) is 0. The topological polar surface area (TPSA) is 70.7 Å². The predicted molar refractivity (Wildman–Crippen MR) is 120 cm³/mol. The maximum absolute atomic E-state index is 12.9. The van der Waals surface area contributed by atoms with Crippen molar-refractivity contribution in [2.75, 3.05) is 37.7 Å². The molecule has 6 nitrogen and oxygen atoms in total. The van der Waals surface area contributed by atoms with Crippen LogP contribution in [0.3, 0.4) is 0 Å². The molecular weight excluding hydrogens is 446 g/mol. The summed E-state index contributed by atoms with van der Waals surface area (Å²) in [6.45, 7) is 5.15. The van der Waals surface area contributed by atoms with E-state index in [0.717, 1.165) is 28.6 Å². The monoisotopic (exact) mass is 471 g/mol. The first kappa shape index (κ1) is 20.9. The van der Waals surface area contributed by atoms with Crippen LogP contribution in [0.2, 0.25) is 0 Å². The molecule has 2 fully saturated rings. The van der Waals surface area contributed by atoms with Crippen molar-refractivity contribution in [1.29, 1.82) is 0 Å². The molecule has 2 aliphatic rings. The maximum Gasteiger partial charge on any atom is 0.322 e. The number of benzene rings is 2. The summed E-state index contributed by atoms with van der Waals surface area (Å²) in [5, 5.41) is 5.96. The van der Waals surface area contributed by atoms with E-state index in [1.165, 1.54) is 5.56 Å². The van der Waals surface area contributed by atoms with Crippen LogP contribution in [0.5, 0.6) is 0 Å². The highest BCUT2D eigenvalue weighted by atomic mass is 79.9. The summed E-state index contributed by atoms with van der Waals surface area (Å²) < 4.78 is 6.63. The highest BCUT2D eigenvalue weighted by Gasteiger charge is 2.35. The van der Waals surface area contributed by atoms with Gasteiger partial charge >= 0.3 is 6.03 Å². The summed E-state index contributed by atoms with van der Waals surface area (Å²) >= 11 is 3.57. The van der Waals surface area contributed by atoms with Gasteiger partial charge in [0.1, 0.15) is 0 Å². The van der Waals surface area contributed by atoms with Crippen molar-refractivity contribution in [3.8, 4) is 0 Å². The number of carbonyl (C=O) groups excluding carboxylic acids is 2. The molecular formula is C23H26BrN3O3. The van der Waals surface area contributed by atoms with Crippen LogP contribution in [0.25, 0.3) is 0 Å². The van der Waals surface area contributed by atoms with E-state index in [1.807, 2.05) is 31.2 Å². The zero-order chi connectivity index (χ0) is 21.1. The van der Waals surface area contributed by atoms with Gasteiger partial charge in [-0.05, 0) is 61.2 Å². The van der Waals surface area contributed by atoms with Crippen molar-refractivity contribution in [2.24, 2.45) is 0 Å². The fourth-order valence-corrected chi connectivity index (χ4v) is 4.70. The van der Waals surface area contributed by atoms with Crippen LogP contribution in [0, 0.1) is 6.92 Å². The standard InChI is InChI=1S/C23H26BrN3O3/c1-16-13-17(5-6-20(16)27-10-9-25-22(27)29)21(28)26-15-23(7-11-30-12-8-23)18-3-2-4-19(24)14-18/h2-6,13-14H,7-12,15H2,1H3,(H,25,29)(H,26,28). The summed E-state index contributed by atoms with van der Waals surface area (Å²) in [5.41, 5.74) is 3.43. The fraction of sp³-hybridized carbons (Fsp3) is 0.391. The van der Waals surface area contributed by atoms with Gasteiger partial charge in [0.25, 0.3) is 5.91 Å². The molecule has 2 N–H and O–H groups in total. The first-order valence-electron chi connectivity index (χ1n) is 10.3. The van der Waals surface area contributed by atoms with Crippen LogP contribution >= 0.6 is 15.9 Å². The SMILES string of the molecule is Cc1cc(C(=O)NCC2(c3cccc(Br)c3)CCOCC2)ccc1N1CCNC1=O. The average molecular weight is 472 g/mol. The third-order valence-corrected chi connectivity index (χ3v) is 6.57. The third kappa shape index (κ3) is 4.23. The van der Waals surface area contributed by atoms with Crippen LogP contribution in [-0.4, -0.2) is 44.8 Å². The molecule has 4 rings (SSSR count). The Morgan fingerprint density at radius 1 is 1.23 bits per heavy atom. The number of nitrogens with one attached hydrogen (secondary N) is 2. The minimum absolute atomic E-state index is 0.0919. The zero-order valence-electron chi connectivity index (χ0n) is 17.0. The number of halogens is 1. The van der Waals surface area contributed by atoms with Crippen LogP contribution in [-0.2, 0) is 10.2 Å². The Bertz CT molecular complexity index is 956. The third-order valence-electron chi connectivity index (χ3n) is 6.08. The normalized spacial score (nSPS) is 18.2. The number of urea groups is 1. The lowest BCUT2D eigenvalue weighted by Gasteiger charge is -2.38. The second-order valence-corrected chi connectivity index (χ2v) is 8.89. The Balaban J connectivity index is 1.50. The van der Waals surface area contributed by atoms with E-state index in [9.17, 15) is 9.59 Å². The number of hydrogen-bond donors (Lipinski definition) is 2. The van der Waals surface area contributed by atoms with Crippen LogP contribution in [0.1, 0.15) is 34.3 Å². The minimum Gasteiger partial charge on any atom is -0.381 e. The van der Waals surface area contributed by atoms with E-state index < -0.39 is 0 Å². The first-order chi connectivity index (χ1) is 14.5. The molecule has 158 valence electrons. The van der Waals surface area contributed by atoms with Crippen molar-refractivity contribution < 1.29 is 14.3 Å². The van der Waals surface area contributed by atoms with E-state index in [4.69, 9.17) is 4.74 Å². The molecule has 0 atom stereocenters. The molecule has 0 unspecified atom stereocenters. The highest BCUT2D eigenvalue weighted by molar-refractivity contribution is 9.10. The van der Waals surface area contributed by atoms with Gasteiger partial charge in [0.15, 0.2) is 0 Å². The van der Waals surface area contributed by atoms with Crippen molar-refractivity contribution in [1.82, 2.24) is 10.6 Å². The summed E-state index contributed by atoms with van der Waals surface area (Å²) in [4.78, 5) is 26.6. The Labute approximate surface area is 185 Å². The zero-order valence-corrected chi connectivity index (χ0v) is 18.6. The molecule has 0 radical (unpaired) electrons. The van der Waals surface area contributed by atoms with Crippen molar-refractivity contribution in [2.45, 2.75) is 25.2 Å². The molecule has 0 spiro atoms. The molecule has 2 aromatic carbocycles. The second kappa shape index (κ2) is 8.78. The number of amides is 3. The lowest BCUT2D eigenvalue weighted by molar-refractivity contribution is 0.0487. The largest absolute Gasteiger partial charge is 0.381 e. The van der Waals surface area contributed by atoms with Crippen LogP contribution in [0.15, 0.2) is 46.9 Å². The Morgan fingerprint density at radius 2 is 2.03 bits per heavy atom. The second-order valence-electron chi connectivity index (χ2n) is 7.97. The van der Waals surface area contributed by atoms with Crippen LogP contribution in [0.4, 0.5) is 10.5 Å². The first-order valence-corrected chi connectivity index (χ1v) is 11.1. The highest BCUT2D eigenvalue weighted by Crippen LogP contribution is 2.35. The van der Waals surface area contributed by atoms with E-state index in [-0.39, 0.29) is 17.4 Å². The molecule has 2 saturated heterocycles. The number of carbonyl (C=O) groups is 2. The molecule has 0 saturated carbocycles. The van der Waals surface area contributed by atoms with Gasteiger partial charge in [-0.1, -0.05) is 28.1 Å². The van der Waals surface area contributed by atoms with Gasteiger partial charge in [-0.25, -0.2) is 4.79 Å². The fourth-order valence-electron chi connectivity index (χ4n) is 4.30. The maximum atomic E-state index is 12.9. The Hall–Kier alpha value is -2.38. The number of ether oxygens (including phenoxy) is 1. The summed E-state index contributed by atoms with van der Waals surface area (Å²) in [5.74, 6) is -0.101. The quantitative estimate of drug-likeness (QED) is 0.696. The minimum atomic E-state index is -0.139. The number of anilines is 1. The lowest BCUT2D eigenvalue weighted by atomic mass is 9.74. The smallest absolute Gasteiger partial charge is 0.322 e. The van der Waals surface area contributed by atoms with Gasteiger partial charge in [0.2, 0.25) is 0 Å². The Kier molecular flexibility index (Phi) is 6.11. The van der Waals surface area contributed by atoms with Gasteiger partial charge in [0, 0.05) is 54.0 Å². The molecule has 0 aromatic heterocycles. The van der Waals surface area contributed by atoms with Crippen molar-refractivity contribution in [3.05, 3.63) is 63.6 Å². The number of aryl methyl sites for hydroxylation is 1. The van der Waals surface area contributed by atoms with E-state index >= 15 is 0 Å². The van der Waals surface area contributed by atoms with E-state index in [0.29, 0.717) is 38.4 Å². The van der Waals surface area contributed by atoms with Crippen molar-refractivity contribution >= 4 is 33.6 Å². The van der Waals surface area contributed by atoms with E-state index in [2.05, 4.69) is 38.7 Å². The van der Waals surface area contributed by atoms with Gasteiger partial charge < -0.3 is 15.4 Å². The number of rotatable bonds is 5.